The van der Waals surface area contributed by atoms with E-state index in [4.69, 9.17) is 4.12 Å². The molecule has 4 aliphatic rings. The predicted octanol–water partition coefficient (Wildman–Crippen LogP) is 8.27. The number of hydrogen-bond donors (Lipinski definition) is 4. The lowest BCUT2D eigenvalue weighted by atomic mass is 10.1. The Labute approximate surface area is 345 Å². The van der Waals surface area contributed by atoms with Gasteiger partial charge in [0.15, 0.2) is 0 Å². The number of fused-ring (bicyclic) bond motifs is 12. The third-order valence-electron chi connectivity index (χ3n) is 13.7. The summed E-state index contributed by atoms with van der Waals surface area (Å²) in [7, 11) is -7.76. The molecule has 12 rings (SSSR count). The Morgan fingerprint density at radius 1 is 0.237 bits per heavy atom. The molecule has 59 heavy (non-hydrogen) atoms. The van der Waals surface area contributed by atoms with Crippen LogP contribution in [0.4, 0.5) is 0 Å². The van der Waals surface area contributed by atoms with Gasteiger partial charge in [-0.1, -0.05) is 194 Å². The van der Waals surface area contributed by atoms with Gasteiger partial charge in [0.25, 0.3) is 18.1 Å². The van der Waals surface area contributed by atoms with Gasteiger partial charge in [-0.2, -0.15) is 0 Å². The molecule has 0 radical (unpaired) electrons. The van der Waals surface area contributed by atoms with Crippen molar-refractivity contribution in [2.75, 3.05) is 0 Å². The Bertz CT molecular complexity index is 2460. The normalized spacial score (nSPS) is 17.1. The highest BCUT2D eigenvalue weighted by Gasteiger charge is 2.68. The summed E-state index contributed by atoms with van der Waals surface area (Å²) >= 11 is 0. The summed E-state index contributed by atoms with van der Waals surface area (Å²) < 4.78 is 8.13. The maximum Gasteiger partial charge on any atom is 0.250 e. The molecule has 0 fully saturated rings. The maximum absolute atomic E-state index is 14.3. The third-order valence-corrected chi connectivity index (χ3v) is 21.4. The van der Waals surface area contributed by atoms with E-state index >= 15 is 0 Å². The highest BCUT2D eigenvalue weighted by molar-refractivity contribution is 6.74. The quantitative estimate of drug-likeness (QED) is 0.127. The molecule has 4 aliphatic carbocycles. The minimum Gasteiger partial charge on any atom is -0.451 e. The summed E-state index contributed by atoms with van der Waals surface area (Å²) in [4.78, 5) is 0. The summed E-state index contributed by atoms with van der Waals surface area (Å²) in [6.07, 6.45) is 0. The van der Waals surface area contributed by atoms with E-state index in [0.29, 0.717) is 44.5 Å². The summed E-state index contributed by atoms with van der Waals surface area (Å²) in [5, 5.41) is 49.6. The zero-order chi connectivity index (χ0) is 39.7. The number of benzene rings is 8. The Morgan fingerprint density at radius 3 is 0.525 bits per heavy atom. The minimum atomic E-state index is -3.88. The molecule has 0 saturated heterocycles. The minimum absolute atomic E-state index is 0.638. The SMILES string of the molecule is OC1([SiH](O[SiH](C2(O)c3ccccc3-c3ccccc32)C2(O)c3ccccc3-c3ccccc32)C2(O)c3ccccc3-c3ccccc32)c2ccccc2-c2ccccc21. The lowest BCUT2D eigenvalue weighted by Crippen LogP contribution is -2.67. The maximum atomic E-state index is 14.3. The number of hydrogen-bond acceptors (Lipinski definition) is 5. The molecule has 0 heterocycles. The van der Waals surface area contributed by atoms with Crippen molar-refractivity contribution in [2.24, 2.45) is 0 Å². The predicted molar refractivity (Wildman–Crippen MR) is 235 cm³/mol. The molecule has 0 unspecified atom stereocenters. The van der Waals surface area contributed by atoms with Crippen molar-refractivity contribution in [1.82, 2.24) is 0 Å². The number of rotatable bonds is 6. The van der Waals surface area contributed by atoms with E-state index < -0.39 is 39.0 Å². The van der Waals surface area contributed by atoms with Crippen molar-refractivity contribution in [3.63, 3.8) is 0 Å². The molecule has 7 heteroatoms. The second-order valence-corrected chi connectivity index (χ2v) is 22.3. The van der Waals surface area contributed by atoms with Crippen LogP contribution in [0.15, 0.2) is 194 Å². The molecular formula is C52H38O5Si2. The van der Waals surface area contributed by atoms with Crippen molar-refractivity contribution >= 4 is 18.1 Å². The summed E-state index contributed by atoms with van der Waals surface area (Å²) in [6.45, 7) is 0. The fourth-order valence-corrected chi connectivity index (χ4v) is 21.0. The summed E-state index contributed by atoms with van der Waals surface area (Å²) in [5.74, 6) is 0. The summed E-state index contributed by atoms with van der Waals surface area (Å²) in [6, 6.07) is 62.7. The molecule has 4 N–H and O–H groups in total. The molecule has 0 atom stereocenters. The topological polar surface area (TPSA) is 90.2 Å². The molecule has 0 saturated carbocycles. The van der Waals surface area contributed by atoms with E-state index in [0.717, 1.165) is 44.5 Å². The fraction of sp³-hybridized carbons (Fsp3) is 0.0769. The van der Waals surface area contributed by atoms with Gasteiger partial charge in [0.1, 0.15) is 20.9 Å². The van der Waals surface area contributed by atoms with E-state index in [1.807, 2.05) is 194 Å². The lowest BCUT2D eigenvalue weighted by molar-refractivity contribution is 0.0686. The molecule has 284 valence electrons. The van der Waals surface area contributed by atoms with Crippen LogP contribution in [0.3, 0.4) is 0 Å². The third kappa shape index (κ3) is 4.29. The van der Waals surface area contributed by atoms with Gasteiger partial charge in [-0.25, -0.2) is 0 Å². The molecule has 0 aliphatic heterocycles. The van der Waals surface area contributed by atoms with Crippen LogP contribution in [-0.4, -0.2) is 38.5 Å². The first-order valence-corrected chi connectivity index (χ1v) is 23.4. The van der Waals surface area contributed by atoms with Crippen LogP contribution >= 0.6 is 0 Å². The Kier molecular flexibility index (Phi) is 7.27. The second-order valence-electron chi connectivity index (χ2n) is 16.3. The van der Waals surface area contributed by atoms with E-state index in [1.165, 1.54) is 0 Å². The molecule has 5 nitrogen and oxygen atoms in total. The van der Waals surface area contributed by atoms with Crippen LogP contribution in [0.25, 0.3) is 44.5 Å². The molecule has 8 aromatic rings. The average Bonchev–Trinajstić information content (AvgIpc) is 3.91. The molecule has 8 aromatic carbocycles. The Morgan fingerprint density at radius 2 is 0.373 bits per heavy atom. The first-order chi connectivity index (χ1) is 28.8. The van der Waals surface area contributed by atoms with Gasteiger partial charge in [-0.05, 0) is 89.0 Å². The second kappa shape index (κ2) is 12.3. The Hall–Kier alpha value is -6.01. The van der Waals surface area contributed by atoms with Crippen LogP contribution in [0.1, 0.15) is 44.5 Å². The van der Waals surface area contributed by atoms with Crippen molar-refractivity contribution in [1.29, 1.82) is 0 Å². The van der Waals surface area contributed by atoms with Crippen LogP contribution in [0.5, 0.6) is 0 Å². The molecule has 0 bridgehead atoms. The van der Waals surface area contributed by atoms with Gasteiger partial charge < -0.3 is 24.5 Å². The molecular weight excluding hydrogens is 761 g/mol. The van der Waals surface area contributed by atoms with E-state index in [1.54, 1.807) is 0 Å². The van der Waals surface area contributed by atoms with Crippen LogP contribution in [-0.2, 0) is 25.0 Å². The smallest absolute Gasteiger partial charge is 0.250 e. The molecule has 0 spiro atoms. The van der Waals surface area contributed by atoms with Gasteiger partial charge in [-0.15, -0.1) is 0 Å². The first-order valence-electron chi connectivity index (χ1n) is 20.1. The van der Waals surface area contributed by atoms with Gasteiger partial charge in [-0.3, -0.25) is 0 Å². The van der Waals surface area contributed by atoms with E-state index in [2.05, 4.69) is 0 Å². The van der Waals surface area contributed by atoms with Gasteiger partial charge in [0.05, 0.1) is 0 Å². The zero-order valence-electron chi connectivity index (χ0n) is 31.8. The molecule has 0 amide bonds. The lowest BCUT2D eigenvalue weighted by Gasteiger charge is -2.49. The van der Waals surface area contributed by atoms with Crippen LogP contribution in [0.2, 0.25) is 0 Å². The van der Waals surface area contributed by atoms with Gasteiger partial charge in [0, 0.05) is 0 Å². The summed E-state index contributed by atoms with van der Waals surface area (Å²) in [5.41, 5.74) is 12.0. The first kappa shape index (κ1) is 35.0. The van der Waals surface area contributed by atoms with Crippen LogP contribution < -0.4 is 0 Å². The van der Waals surface area contributed by atoms with Gasteiger partial charge in [0.2, 0.25) is 0 Å². The highest BCUT2D eigenvalue weighted by Crippen LogP contribution is 2.61. The van der Waals surface area contributed by atoms with Gasteiger partial charge >= 0.3 is 0 Å². The zero-order valence-corrected chi connectivity index (χ0v) is 34.1. The van der Waals surface area contributed by atoms with Crippen molar-refractivity contribution in [3.05, 3.63) is 239 Å². The monoisotopic (exact) mass is 798 g/mol. The standard InChI is InChI=1S/C52H38O5Si2/c53-49(41-25-9-1-17-33(41)34-18-2-10-26-42(34)49)58(50(54)43-27-11-3-19-35(43)36-20-4-12-28-44(36)50)57-59(51(55)45-29-13-5-21-37(45)38-22-6-14-30-46(38)51)52(56)47-31-15-7-23-39(47)40-24-8-16-32-48(40)52/h1-32,53-56,58-59H. The van der Waals surface area contributed by atoms with Crippen molar-refractivity contribution in [3.8, 4) is 44.5 Å². The van der Waals surface area contributed by atoms with Crippen molar-refractivity contribution in [2.45, 2.75) is 20.9 Å². The fourth-order valence-electron chi connectivity index (χ4n) is 11.2. The largest absolute Gasteiger partial charge is 0.451 e. The van der Waals surface area contributed by atoms with Crippen LogP contribution in [0, 0.1) is 0 Å². The molecule has 0 aromatic heterocycles. The average molecular weight is 799 g/mol. The van der Waals surface area contributed by atoms with Crippen molar-refractivity contribution < 1.29 is 24.5 Å². The van der Waals surface area contributed by atoms with E-state index in [-0.39, 0.29) is 0 Å². The highest BCUT2D eigenvalue weighted by atomic mass is 28.4. The number of aliphatic hydroxyl groups is 4. The van der Waals surface area contributed by atoms with E-state index in [9.17, 15) is 20.4 Å². The Balaban J connectivity index is 1.22.